The van der Waals surface area contributed by atoms with Crippen LogP contribution < -0.4 is 0 Å². The van der Waals surface area contributed by atoms with Crippen LogP contribution in [-0.4, -0.2) is 19.5 Å². The molecule has 9 rings (SSSR count). The number of para-hydroxylation sites is 1. The van der Waals surface area contributed by atoms with Crippen molar-refractivity contribution in [1.82, 2.24) is 19.5 Å². The van der Waals surface area contributed by atoms with Gasteiger partial charge in [-0.05, 0) is 57.6 Å². The summed E-state index contributed by atoms with van der Waals surface area (Å²) in [5.74, 6) is 0.666. The second-order valence-electron chi connectivity index (χ2n) is 11.4. The normalized spacial score (nSPS) is 13.8. The van der Waals surface area contributed by atoms with Crippen molar-refractivity contribution in [2.45, 2.75) is 0 Å². The van der Waals surface area contributed by atoms with Gasteiger partial charge in [-0.1, -0.05) is 158 Å². The Hall–Kier alpha value is -6.65. The van der Waals surface area contributed by atoms with Gasteiger partial charge >= 0.3 is 0 Å². The van der Waals surface area contributed by atoms with Crippen molar-refractivity contribution in [2.24, 2.45) is 0 Å². The van der Waals surface area contributed by atoms with Crippen LogP contribution in [0.4, 0.5) is 0 Å². The third-order valence-corrected chi connectivity index (χ3v) is 8.47. The Morgan fingerprint density at radius 1 is 0.408 bits per heavy atom. The summed E-state index contributed by atoms with van der Waals surface area (Å²) < 4.78 is 80.1. The van der Waals surface area contributed by atoms with Gasteiger partial charge in [0.25, 0.3) is 0 Å². The second kappa shape index (κ2) is 12.2. The van der Waals surface area contributed by atoms with Crippen LogP contribution >= 0.6 is 0 Å². The number of hydrogen-bond acceptors (Lipinski definition) is 3. The molecule has 0 spiro atoms. The van der Waals surface area contributed by atoms with E-state index in [1.165, 1.54) is 0 Å². The van der Waals surface area contributed by atoms with Crippen LogP contribution in [0.2, 0.25) is 0 Å². The third kappa shape index (κ3) is 5.26. The van der Waals surface area contributed by atoms with Crippen molar-refractivity contribution >= 4 is 21.8 Å². The van der Waals surface area contributed by atoms with E-state index in [0.717, 1.165) is 22.3 Å². The Kier molecular flexibility index (Phi) is 5.11. The lowest BCUT2D eigenvalue weighted by atomic mass is 9.99. The molecule has 49 heavy (non-hydrogen) atoms. The van der Waals surface area contributed by atoms with Crippen LogP contribution in [0, 0.1) is 0 Å². The fraction of sp³-hybridized carbons (Fsp3) is 0. The first-order valence-electron chi connectivity index (χ1n) is 20.2. The fourth-order valence-corrected chi connectivity index (χ4v) is 6.22. The summed E-state index contributed by atoms with van der Waals surface area (Å²) in [6.07, 6.45) is 0. The highest BCUT2D eigenvalue weighted by atomic mass is 15.2. The van der Waals surface area contributed by atoms with Gasteiger partial charge in [-0.15, -0.1) is 0 Å². The van der Waals surface area contributed by atoms with Gasteiger partial charge in [0.1, 0.15) is 0 Å². The predicted molar refractivity (Wildman–Crippen MR) is 201 cm³/mol. The molecule has 0 saturated carbocycles. The maximum absolute atomic E-state index is 9.24. The highest BCUT2D eigenvalue weighted by molar-refractivity contribution is 6.15. The van der Waals surface area contributed by atoms with Crippen LogP contribution in [0.25, 0.3) is 83.9 Å². The number of rotatable bonds is 6. The van der Waals surface area contributed by atoms with Crippen LogP contribution in [0.1, 0.15) is 12.3 Å². The van der Waals surface area contributed by atoms with Crippen LogP contribution in [0.15, 0.2) is 182 Å². The van der Waals surface area contributed by atoms with Gasteiger partial charge in [-0.3, -0.25) is 4.57 Å². The second-order valence-corrected chi connectivity index (χ2v) is 11.4. The van der Waals surface area contributed by atoms with Crippen LogP contribution in [0.3, 0.4) is 0 Å². The monoisotopic (exact) mass is 635 g/mol. The van der Waals surface area contributed by atoms with Gasteiger partial charge in [-0.25, -0.2) is 4.98 Å². The van der Waals surface area contributed by atoms with Crippen molar-refractivity contribution in [3.8, 4) is 62.1 Å². The van der Waals surface area contributed by atoms with Gasteiger partial charge in [0.2, 0.25) is 5.95 Å². The van der Waals surface area contributed by atoms with Gasteiger partial charge in [0.15, 0.2) is 11.6 Å². The van der Waals surface area contributed by atoms with E-state index in [4.69, 9.17) is 24.5 Å². The molecule has 0 aliphatic rings. The zero-order valence-corrected chi connectivity index (χ0v) is 25.9. The molecule has 0 aliphatic carbocycles. The van der Waals surface area contributed by atoms with E-state index in [2.05, 4.69) is 0 Å². The maximum atomic E-state index is 9.24. The Bertz CT molecular complexity index is 2980. The lowest BCUT2D eigenvalue weighted by molar-refractivity contribution is 0.953. The molecule has 230 valence electrons. The van der Waals surface area contributed by atoms with Gasteiger partial charge in [-0.2, -0.15) is 9.97 Å². The summed E-state index contributed by atoms with van der Waals surface area (Å²) in [7, 11) is 0. The molecular weight excluding hydrogens is 597 g/mol. The van der Waals surface area contributed by atoms with E-state index in [1.807, 2.05) is 109 Å². The van der Waals surface area contributed by atoms with Crippen LogP contribution in [0.5, 0.6) is 0 Å². The molecule has 0 aliphatic heterocycles. The topological polar surface area (TPSA) is 43.6 Å². The number of aromatic nitrogens is 4. The summed E-state index contributed by atoms with van der Waals surface area (Å²) in [6.45, 7) is 0. The Morgan fingerprint density at radius 2 is 0.939 bits per heavy atom. The lowest BCUT2D eigenvalue weighted by Crippen LogP contribution is -2.06. The Morgan fingerprint density at radius 3 is 1.57 bits per heavy atom. The molecule has 0 saturated heterocycles. The molecule has 0 fully saturated rings. The highest BCUT2D eigenvalue weighted by Gasteiger charge is 2.20. The Balaban J connectivity index is 1.39. The first-order chi connectivity index (χ1) is 28.0. The molecule has 4 heteroatoms. The van der Waals surface area contributed by atoms with E-state index in [-0.39, 0.29) is 45.4 Å². The van der Waals surface area contributed by atoms with E-state index in [1.54, 1.807) is 22.8 Å². The van der Waals surface area contributed by atoms with Crippen molar-refractivity contribution in [3.63, 3.8) is 0 Å². The first kappa shape index (κ1) is 20.6. The first-order valence-corrected chi connectivity index (χ1v) is 15.7. The maximum Gasteiger partial charge on any atom is 0.238 e. The van der Waals surface area contributed by atoms with Crippen molar-refractivity contribution < 1.29 is 12.3 Å². The number of fused-ring (bicyclic) bond motifs is 3. The summed E-state index contributed by atoms with van der Waals surface area (Å²) in [5, 5.41) is 0.341. The van der Waals surface area contributed by atoms with E-state index in [0.29, 0.717) is 28.3 Å². The highest BCUT2D eigenvalue weighted by Crippen LogP contribution is 2.38. The van der Waals surface area contributed by atoms with Crippen molar-refractivity contribution in [1.29, 1.82) is 0 Å². The number of benzene rings is 7. The quantitative estimate of drug-likeness (QED) is 0.183. The third-order valence-electron chi connectivity index (χ3n) is 8.47. The minimum atomic E-state index is -0.548. The van der Waals surface area contributed by atoms with Crippen LogP contribution in [-0.2, 0) is 0 Å². The minimum absolute atomic E-state index is 0.0541. The van der Waals surface area contributed by atoms with Crippen molar-refractivity contribution in [2.75, 3.05) is 0 Å². The molecule has 2 aromatic heterocycles. The molecule has 0 amide bonds. The summed E-state index contributed by atoms with van der Waals surface area (Å²) in [6, 6.07) is 36.1. The minimum Gasteiger partial charge on any atom is -0.278 e. The predicted octanol–water partition coefficient (Wildman–Crippen LogP) is 11.3. The molecule has 9 aromatic rings. The zero-order chi connectivity index (χ0) is 40.4. The average Bonchev–Trinajstić information content (AvgIpc) is 3.63. The van der Waals surface area contributed by atoms with Gasteiger partial charge < -0.3 is 0 Å². The van der Waals surface area contributed by atoms with Crippen molar-refractivity contribution in [3.05, 3.63) is 182 Å². The number of nitrogens with zero attached hydrogens (tertiary/aromatic N) is 4. The molecule has 0 N–H and O–H groups in total. The Labute approximate surface area is 297 Å². The summed E-state index contributed by atoms with van der Waals surface area (Å²) >= 11 is 0. The smallest absolute Gasteiger partial charge is 0.238 e. The van der Waals surface area contributed by atoms with E-state index in [9.17, 15) is 2.74 Å². The molecule has 2 heterocycles. The van der Waals surface area contributed by atoms with Gasteiger partial charge in [0.05, 0.1) is 23.4 Å². The summed E-state index contributed by atoms with van der Waals surface area (Å²) in [4.78, 5) is 15.0. The molecule has 4 nitrogen and oxygen atoms in total. The lowest BCUT2D eigenvalue weighted by Gasteiger charge is -2.12. The zero-order valence-electron chi connectivity index (χ0n) is 34.9. The number of hydrogen-bond donors (Lipinski definition) is 0. The molecule has 0 atom stereocenters. The molecular formula is C45H30N4. The average molecular weight is 636 g/mol. The molecule has 0 bridgehead atoms. The largest absolute Gasteiger partial charge is 0.278 e. The molecule has 0 radical (unpaired) electrons. The summed E-state index contributed by atoms with van der Waals surface area (Å²) in [5.41, 5.74) is 5.69. The van der Waals surface area contributed by atoms with E-state index < -0.39 is 42.3 Å². The fourth-order valence-electron chi connectivity index (χ4n) is 6.22. The van der Waals surface area contributed by atoms with E-state index >= 15 is 0 Å². The SMILES string of the molecule is [2H]c1c([2H])c([2H])c(-c2cccc3c2c2c([2H])c([2H])c([2H])c([2H])c2n3-c2nc(-c3cccc(-c4ccccc4)c3)nc(-c3cccc(-c4ccccc4)c3)n2)c([2H])c1[2H]. The molecule has 7 aromatic carbocycles. The van der Waals surface area contributed by atoms with Gasteiger partial charge in [0, 0.05) is 21.9 Å². The standard InChI is InChI=1S/C45H30N4/c1-4-15-31(16-5-1)34-21-12-23-36(29-34)43-46-44(37-24-13-22-35(30-37)32-17-6-2-7-18-32)48-45(47-43)49-40-27-11-10-25-39(40)42-38(26-14-28-41(42)49)33-19-8-3-9-20-33/h1-30H/i3D,8D,9D,10D,11D,19D,20D,25D,27D. The molecule has 0 unspecified atom stereocenters.